The summed E-state index contributed by atoms with van der Waals surface area (Å²) in [6, 6.07) is 8.95. The summed E-state index contributed by atoms with van der Waals surface area (Å²) in [5.41, 5.74) is 0.620. The molecular formula is C21H18F2N2O4S. The summed E-state index contributed by atoms with van der Waals surface area (Å²) in [6.45, 7) is 3.47. The van der Waals surface area contributed by atoms with Crippen LogP contribution in [0, 0.1) is 18.6 Å². The van der Waals surface area contributed by atoms with Gasteiger partial charge in [-0.2, -0.15) is 0 Å². The lowest BCUT2D eigenvalue weighted by Gasteiger charge is -2.14. The fourth-order valence-corrected chi connectivity index (χ4v) is 3.05. The van der Waals surface area contributed by atoms with Crippen LogP contribution >= 0.6 is 11.3 Å². The SMILES string of the molecule is Cc1nc(COc2cccc(C(=O)OC(C)C(=O)Nc3cc(F)ccc3F)c2)cs1. The van der Waals surface area contributed by atoms with Crippen molar-refractivity contribution < 1.29 is 27.8 Å². The predicted molar refractivity (Wildman–Crippen MR) is 107 cm³/mol. The second-order valence-electron chi connectivity index (χ2n) is 6.34. The first-order valence-corrected chi connectivity index (χ1v) is 9.80. The summed E-state index contributed by atoms with van der Waals surface area (Å²) in [7, 11) is 0. The van der Waals surface area contributed by atoms with Gasteiger partial charge in [-0.15, -0.1) is 11.3 Å². The van der Waals surface area contributed by atoms with Crippen LogP contribution in [0.15, 0.2) is 47.8 Å². The van der Waals surface area contributed by atoms with Crippen LogP contribution < -0.4 is 10.1 Å². The molecule has 0 radical (unpaired) electrons. The van der Waals surface area contributed by atoms with Gasteiger partial charge in [-0.05, 0) is 44.2 Å². The molecule has 156 valence electrons. The quantitative estimate of drug-likeness (QED) is 0.557. The van der Waals surface area contributed by atoms with Crippen LogP contribution in [-0.2, 0) is 16.1 Å². The number of hydrogen-bond donors (Lipinski definition) is 1. The Labute approximate surface area is 175 Å². The topological polar surface area (TPSA) is 77.5 Å². The van der Waals surface area contributed by atoms with Crippen molar-refractivity contribution in [3.05, 3.63) is 75.7 Å². The highest BCUT2D eigenvalue weighted by atomic mass is 32.1. The van der Waals surface area contributed by atoms with Crippen LogP contribution in [-0.4, -0.2) is 23.0 Å². The number of nitrogens with one attached hydrogen (secondary N) is 1. The third-order valence-corrected chi connectivity index (χ3v) is 4.78. The molecule has 0 aliphatic carbocycles. The van der Waals surface area contributed by atoms with Crippen molar-refractivity contribution in [2.24, 2.45) is 0 Å². The van der Waals surface area contributed by atoms with Gasteiger partial charge in [0.1, 0.15) is 24.0 Å². The average Bonchev–Trinajstić information content (AvgIpc) is 3.14. The van der Waals surface area contributed by atoms with E-state index >= 15 is 0 Å². The third-order valence-electron chi connectivity index (χ3n) is 3.96. The number of thiazole rings is 1. The van der Waals surface area contributed by atoms with Crippen LogP contribution in [0.25, 0.3) is 0 Å². The molecule has 6 nitrogen and oxygen atoms in total. The standard InChI is InChI=1S/C21H18F2N2O4S/c1-12(20(26)25-19-9-15(22)6-7-18(19)23)29-21(27)14-4-3-5-17(8-14)28-10-16-11-30-13(2)24-16/h3-9,11-12H,10H2,1-2H3,(H,25,26). The van der Waals surface area contributed by atoms with E-state index < -0.39 is 29.6 Å². The van der Waals surface area contributed by atoms with E-state index in [2.05, 4.69) is 10.3 Å². The number of aromatic nitrogens is 1. The first-order chi connectivity index (χ1) is 14.3. The first kappa shape index (κ1) is 21.4. The summed E-state index contributed by atoms with van der Waals surface area (Å²) < 4.78 is 37.6. The lowest BCUT2D eigenvalue weighted by Crippen LogP contribution is -2.30. The molecule has 1 atom stereocenters. The molecule has 0 bridgehead atoms. The molecule has 30 heavy (non-hydrogen) atoms. The van der Waals surface area contributed by atoms with Crippen LogP contribution in [0.1, 0.15) is 28.0 Å². The highest BCUT2D eigenvalue weighted by Crippen LogP contribution is 2.19. The zero-order valence-corrected chi connectivity index (χ0v) is 17.0. The van der Waals surface area contributed by atoms with Gasteiger partial charge in [0.15, 0.2) is 6.10 Å². The molecule has 0 aliphatic rings. The first-order valence-electron chi connectivity index (χ1n) is 8.92. The third kappa shape index (κ3) is 5.60. The molecule has 0 saturated heterocycles. The highest BCUT2D eigenvalue weighted by molar-refractivity contribution is 7.09. The maximum absolute atomic E-state index is 13.7. The highest BCUT2D eigenvalue weighted by Gasteiger charge is 2.20. The number of halogens is 2. The predicted octanol–water partition coefficient (Wildman–Crippen LogP) is 4.49. The molecule has 0 aliphatic heterocycles. The lowest BCUT2D eigenvalue weighted by atomic mass is 10.2. The minimum absolute atomic E-state index is 0.179. The number of carbonyl (C=O) groups excluding carboxylic acids is 2. The van der Waals surface area contributed by atoms with Gasteiger partial charge in [-0.1, -0.05) is 6.07 Å². The second kappa shape index (κ2) is 9.45. The fraction of sp³-hybridized carbons (Fsp3) is 0.190. The van der Waals surface area contributed by atoms with Gasteiger partial charge in [0.2, 0.25) is 0 Å². The number of ether oxygens (including phenoxy) is 2. The Bertz CT molecular complexity index is 1070. The van der Waals surface area contributed by atoms with E-state index in [1.54, 1.807) is 12.1 Å². The second-order valence-corrected chi connectivity index (χ2v) is 7.40. The molecule has 1 heterocycles. The van der Waals surface area contributed by atoms with Gasteiger partial charge in [-0.25, -0.2) is 18.6 Å². The number of rotatable bonds is 7. The largest absolute Gasteiger partial charge is 0.487 e. The van der Waals surface area contributed by atoms with Crippen molar-refractivity contribution in [3.63, 3.8) is 0 Å². The lowest BCUT2D eigenvalue weighted by molar-refractivity contribution is -0.123. The van der Waals surface area contributed by atoms with Crippen molar-refractivity contribution in [1.82, 2.24) is 4.98 Å². The van der Waals surface area contributed by atoms with E-state index in [9.17, 15) is 18.4 Å². The molecule has 3 rings (SSSR count). The summed E-state index contributed by atoms with van der Waals surface area (Å²) in [5.74, 6) is -2.62. The molecule has 1 N–H and O–H groups in total. The number of aryl methyl sites for hydroxylation is 1. The number of amides is 1. The minimum Gasteiger partial charge on any atom is -0.487 e. The van der Waals surface area contributed by atoms with E-state index in [0.717, 1.165) is 28.9 Å². The zero-order valence-electron chi connectivity index (χ0n) is 16.1. The van der Waals surface area contributed by atoms with Crippen molar-refractivity contribution >= 4 is 28.9 Å². The van der Waals surface area contributed by atoms with E-state index in [4.69, 9.17) is 9.47 Å². The van der Waals surface area contributed by atoms with Crippen LogP contribution in [0.2, 0.25) is 0 Å². The van der Waals surface area contributed by atoms with Crippen LogP contribution in [0.5, 0.6) is 5.75 Å². The molecular weight excluding hydrogens is 414 g/mol. The van der Waals surface area contributed by atoms with Crippen molar-refractivity contribution in [1.29, 1.82) is 0 Å². The molecule has 2 aromatic carbocycles. The molecule has 0 fully saturated rings. The Balaban J connectivity index is 1.59. The van der Waals surface area contributed by atoms with E-state index in [0.29, 0.717) is 5.75 Å². The smallest absolute Gasteiger partial charge is 0.339 e. The molecule has 9 heteroatoms. The van der Waals surface area contributed by atoms with Gasteiger partial charge >= 0.3 is 5.97 Å². The number of anilines is 1. The number of esters is 1. The van der Waals surface area contributed by atoms with Gasteiger partial charge in [0.05, 0.1) is 22.0 Å². The van der Waals surface area contributed by atoms with E-state index in [1.165, 1.54) is 30.4 Å². The van der Waals surface area contributed by atoms with Gasteiger partial charge in [0, 0.05) is 11.4 Å². The molecule has 1 unspecified atom stereocenters. The Morgan fingerprint density at radius 2 is 2.00 bits per heavy atom. The van der Waals surface area contributed by atoms with Crippen LogP contribution in [0.4, 0.5) is 14.5 Å². The average molecular weight is 432 g/mol. The molecule has 1 amide bonds. The number of benzene rings is 2. The van der Waals surface area contributed by atoms with Crippen LogP contribution in [0.3, 0.4) is 0 Å². The molecule has 3 aromatic rings. The molecule has 0 spiro atoms. The number of hydrogen-bond acceptors (Lipinski definition) is 6. The molecule has 1 aromatic heterocycles. The monoisotopic (exact) mass is 432 g/mol. The Morgan fingerprint density at radius 1 is 1.20 bits per heavy atom. The van der Waals surface area contributed by atoms with E-state index in [-0.39, 0.29) is 17.9 Å². The van der Waals surface area contributed by atoms with Gasteiger partial charge < -0.3 is 14.8 Å². The fourth-order valence-electron chi connectivity index (χ4n) is 2.45. The zero-order chi connectivity index (χ0) is 21.7. The van der Waals surface area contributed by atoms with E-state index in [1.807, 2.05) is 12.3 Å². The summed E-state index contributed by atoms with van der Waals surface area (Å²) >= 11 is 1.51. The summed E-state index contributed by atoms with van der Waals surface area (Å²) in [6.07, 6.45) is -1.23. The Hall–Kier alpha value is -3.33. The van der Waals surface area contributed by atoms with Gasteiger partial charge in [0.25, 0.3) is 5.91 Å². The normalized spacial score (nSPS) is 11.6. The summed E-state index contributed by atoms with van der Waals surface area (Å²) in [5, 5.41) is 5.01. The minimum atomic E-state index is -1.23. The van der Waals surface area contributed by atoms with Crippen molar-refractivity contribution in [2.45, 2.75) is 26.6 Å². The molecule has 0 saturated carbocycles. The van der Waals surface area contributed by atoms with Crippen molar-refractivity contribution in [2.75, 3.05) is 5.32 Å². The summed E-state index contributed by atoms with van der Waals surface area (Å²) in [4.78, 5) is 28.8. The van der Waals surface area contributed by atoms with Gasteiger partial charge in [-0.3, -0.25) is 4.79 Å². The number of carbonyl (C=O) groups is 2. The Morgan fingerprint density at radius 3 is 2.73 bits per heavy atom. The maximum atomic E-state index is 13.7. The van der Waals surface area contributed by atoms with Crippen molar-refractivity contribution in [3.8, 4) is 5.75 Å². The number of nitrogens with zero attached hydrogens (tertiary/aromatic N) is 1. The Kier molecular flexibility index (Phi) is 6.73. The maximum Gasteiger partial charge on any atom is 0.339 e.